The third-order valence-corrected chi connectivity index (χ3v) is 4.22. The molecule has 0 saturated carbocycles. The molecule has 7 heteroatoms. The molecule has 0 heterocycles. The van der Waals surface area contributed by atoms with Crippen molar-refractivity contribution in [1.29, 1.82) is 0 Å². The second kappa shape index (κ2) is 9.33. The standard InChI is InChI=1S/C19H20BrFN2O3/c1-3-13-6-4-5-7-16(13)22-18(24)11-23(2)19(25)12-26-17-9-8-14(20)10-15(17)21/h4-10H,3,11-12H2,1-2H3,(H,22,24). The Morgan fingerprint density at radius 2 is 1.96 bits per heavy atom. The Kier molecular flexibility index (Phi) is 7.15. The fourth-order valence-corrected chi connectivity index (χ4v) is 2.62. The van der Waals surface area contributed by atoms with E-state index < -0.39 is 11.7 Å². The van der Waals surface area contributed by atoms with E-state index in [0.29, 0.717) is 4.47 Å². The normalized spacial score (nSPS) is 10.3. The van der Waals surface area contributed by atoms with Crippen LogP contribution in [0.3, 0.4) is 0 Å². The molecule has 0 saturated heterocycles. The molecule has 0 fully saturated rings. The van der Waals surface area contributed by atoms with Crippen LogP contribution in [0.15, 0.2) is 46.9 Å². The molecule has 0 aromatic heterocycles. The quantitative estimate of drug-likeness (QED) is 0.740. The van der Waals surface area contributed by atoms with Gasteiger partial charge in [-0.25, -0.2) is 4.39 Å². The summed E-state index contributed by atoms with van der Waals surface area (Å²) in [5.74, 6) is -1.32. The minimum atomic E-state index is -0.566. The fraction of sp³-hybridized carbons (Fsp3) is 0.263. The summed E-state index contributed by atoms with van der Waals surface area (Å²) in [7, 11) is 1.49. The minimum Gasteiger partial charge on any atom is -0.481 e. The van der Waals surface area contributed by atoms with E-state index in [9.17, 15) is 14.0 Å². The van der Waals surface area contributed by atoms with Crippen molar-refractivity contribution in [2.24, 2.45) is 0 Å². The van der Waals surface area contributed by atoms with Crippen LogP contribution in [0.25, 0.3) is 0 Å². The van der Waals surface area contributed by atoms with Crippen LogP contribution >= 0.6 is 15.9 Å². The summed E-state index contributed by atoms with van der Waals surface area (Å²) in [6.07, 6.45) is 0.790. The van der Waals surface area contributed by atoms with Crippen molar-refractivity contribution in [1.82, 2.24) is 4.90 Å². The summed E-state index contributed by atoms with van der Waals surface area (Å²) in [4.78, 5) is 25.5. The van der Waals surface area contributed by atoms with Crippen LogP contribution in [0.2, 0.25) is 0 Å². The van der Waals surface area contributed by atoms with E-state index in [4.69, 9.17) is 4.74 Å². The molecular formula is C19H20BrFN2O3. The van der Waals surface area contributed by atoms with Gasteiger partial charge in [0.05, 0.1) is 6.54 Å². The van der Waals surface area contributed by atoms with Crippen LogP contribution in [0, 0.1) is 5.82 Å². The van der Waals surface area contributed by atoms with Crippen molar-refractivity contribution in [3.8, 4) is 5.75 Å². The first-order valence-electron chi connectivity index (χ1n) is 8.10. The molecule has 1 N–H and O–H groups in total. The smallest absolute Gasteiger partial charge is 0.260 e. The number of para-hydroxylation sites is 1. The van der Waals surface area contributed by atoms with Crippen LogP contribution in [0.1, 0.15) is 12.5 Å². The fourth-order valence-electron chi connectivity index (χ4n) is 2.29. The molecule has 2 rings (SSSR count). The highest BCUT2D eigenvalue weighted by Gasteiger charge is 2.15. The van der Waals surface area contributed by atoms with Gasteiger partial charge in [0.25, 0.3) is 5.91 Å². The zero-order valence-electron chi connectivity index (χ0n) is 14.6. The number of ether oxygens (including phenoxy) is 1. The van der Waals surface area contributed by atoms with Gasteiger partial charge in [-0.1, -0.05) is 41.1 Å². The van der Waals surface area contributed by atoms with Crippen LogP contribution in [-0.4, -0.2) is 36.9 Å². The first-order chi connectivity index (χ1) is 12.4. The summed E-state index contributed by atoms with van der Waals surface area (Å²) in [5, 5.41) is 2.80. The van der Waals surface area contributed by atoms with Crippen molar-refractivity contribution in [2.45, 2.75) is 13.3 Å². The molecule has 0 spiro atoms. The van der Waals surface area contributed by atoms with E-state index >= 15 is 0 Å². The summed E-state index contributed by atoms with van der Waals surface area (Å²) in [6, 6.07) is 11.8. The molecule has 0 radical (unpaired) electrons. The third kappa shape index (κ3) is 5.56. The van der Waals surface area contributed by atoms with Gasteiger partial charge in [-0.05, 0) is 36.2 Å². The number of carbonyl (C=O) groups excluding carboxylic acids is 2. The highest BCUT2D eigenvalue weighted by Crippen LogP contribution is 2.21. The maximum Gasteiger partial charge on any atom is 0.260 e. The number of amides is 2. The Hall–Kier alpha value is -2.41. The van der Waals surface area contributed by atoms with E-state index in [-0.39, 0.29) is 24.8 Å². The Bertz CT molecular complexity index is 798. The van der Waals surface area contributed by atoms with Gasteiger partial charge < -0.3 is 15.0 Å². The van der Waals surface area contributed by atoms with Crippen LogP contribution < -0.4 is 10.1 Å². The highest BCUT2D eigenvalue weighted by molar-refractivity contribution is 9.10. The number of likely N-dealkylation sites (N-methyl/N-ethyl adjacent to an activating group) is 1. The molecule has 0 aliphatic carbocycles. The second-order valence-corrected chi connectivity index (χ2v) is 6.59. The molecule has 0 atom stereocenters. The maximum atomic E-state index is 13.7. The molecule has 26 heavy (non-hydrogen) atoms. The number of hydrogen-bond acceptors (Lipinski definition) is 3. The summed E-state index contributed by atoms with van der Waals surface area (Å²) >= 11 is 3.15. The lowest BCUT2D eigenvalue weighted by Crippen LogP contribution is -2.37. The average molecular weight is 423 g/mol. The number of anilines is 1. The number of halogens is 2. The van der Waals surface area contributed by atoms with Gasteiger partial charge >= 0.3 is 0 Å². The monoisotopic (exact) mass is 422 g/mol. The van der Waals surface area contributed by atoms with E-state index in [1.54, 1.807) is 6.07 Å². The van der Waals surface area contributed by atoms with E-state index in [1.165, 1.54) is 24.1 Å². The number of nitrogens with zero attached hydrogens (tertiary/aromatic N) is 1. The van der Waals surface area contributed by atoms with Gasteiger partial charge in [-0.3, -0.25) is 9.59 Å². The number of benzene rings is 2. The first kappa shape index (κ1) is 19.9. The second-order valence-electron chi connectivity index (χ2n) is 5.67. The van der Waals surface area contributed by atoms with Crippen LogP contribution in [0.5, 0.6) is 5.75 Å². The lowest BCUT2D eigenvalue weighted by molar-refractivity contribution is -0.135. The van der Waals surface area contributed by atoms with Crippen LogP contribution in [0.4, 0.5) is 10.1 Å². The summed E-state index contributed by atoms with van der Waals surface area (Å²) in [6.45, 7) is 1.52. The third-order valence-electron chi connectivity index (χ3n) is 3.72. The zero-order valence-corrected chi connectivity index (χ0v) is 16.2. The van der Waals surface area contributed by atoms with Crippen molar-refractivity contribution >= 4 is 33.4 Å². The molecule has 0 unspecified atom stereocenters. The van der Waals surface area contributed by atoms with Crippen molar-refractivity contribution in [2.75, 3.05) is 25.5 Å². The minimum absolute atomic E-state index is 0.0173. The van der Waals surface area contributed by atoms with Gasteiger partial charge in [-0.15, -0.1) is 0 Å². The van der Waals surface area contributed by atoms with Crippen molar-refractivity contribution in [3.05, 3.63) is 58.3 Å². The van der Waals surface area contributed by atoms with Gasteiger partial charge in [0.1, 0.15) is 0 Å². The Labute approximate surface area is 160 Å². The molecule has 2 amide bonds. The van der Waals surface area contributed by atoms with Gasteiger partial charge in [0.15, 0.2) is 18.2 Å². The van der Waals surface area contributed by atoms with Gasteiger partial charge in [0.2, 0.25) is 5.91 Å². The molecule has 2 aromatic rings. The largest absolute Gasteiger partial charge is 0.481 e. The molecule has 0 aliphatic rings. The van der Waals surface area contributed by atoms with E-state index in [2.05, 4.69) is 21.2 Å². The summed E-state index contributed by atoms with van der Waals surface area (Å²) in [5.41, 5.74) is 1.75. The van der Waals surface area contributed by atoms with Crippen molar-refractivity contribution < 1.29 is 18.7 Å². The lowest BCUT2D eigenvalue weighted by Gasteiger charge is -2.18. The molecule has 2 aromatic carbocycles. The number of aryl methyl sites for hydroxylation is 1. The number of nitrogens with one attached hydrogen (secondary N) is 1. The molecule has 0 bridgehead atoms. The van der Waals surface area contributed by atoms with Crippen LogP contribution in [-0.2, 0) is 16.0 Å². The number of hydrogen-bond donors (Lipinski definition) is 1. The predicted molar refractivity (Wildman–Crippen MR) is 102 cm³/mol. The maximum absolute atomic E-state index is 13.7. The number of carbonyl (C=O) groups is 2. The molecule has 0 aliphatic heterocycles. The highest BCUT2D eigenvalue weighted by atomic mass is 79.9. The van der Waals surface area contributed by atoms with E-state index in [1.807, 2.05) is 31.2 Å². The SMILES string of the molecule is CCc1ccccc1NC(=O)CN(C)C(=O)COc1ccc(Br)cc1F. The van der Waals surface area contributed by atoms with Gasteiger partial charge in [0, 0.05) is 17.2 Å². The first-order valence-corrected chi connectivity index (χ1v) is 8.89. The molecule has 5 nitrogen and oxygen atoms in total. The average Bonchev–Trinajstić information content (AvgIpc) is 2.61. The lowest BCUT2D eigenvalue weighted by atomic mass is 10.1. The van der Waals surface area contributed by atoms with Gasteiger partial charge in [-0.2, -0.15) is 0 Å². The topological polar surface area (TPSA) is 58.6 Å². The Morgan fingerprint density at radius 3 is 2.65 bits per heavy atom. The Balaban J connectivity index is 1.87. The molecular weight excluding hydrogens is 403 g/mol. The zero-order chi connectivity index (χ0) is 19.1. The Morgan fingerprint density at radius 1 is 1.23 bits per heavy atom. The van der Waals surface area contributed by atoms with E-state index in [0.717, 1.165) is 17.7 Å². The predicted octanol–water partition coefficient (Wildman–Crippen LogP) is 3.63. The number of rotatable bonds is 7. The summed E-state index contributed by atoms with van der Waals surface area (Å²) < 4.78 is 19.5. The van der Waals surface area contributed by atoms with Crippen molar-refractivity contribution in [3.63, 3.8) is 0 Å². The molecule has 138 valence electrons.